The fourth-order valence-electron chi connectivity index (χ4n) is 2.22. The van der Waals surface area contributed by atoms with E-state index in [0.29, 0.717) is 0 Å². The van der Waals surface area contributed by atoms with Crippen molar-refractivity contribution in [2.45, 2.75) is 13.8 Å². The standard InChI is InChI=1S/C18H21N3O2S/c1-12-5-3-6-14(9-12)20-15-7-4-8-16(13(15)2)21-18(23)11-24-10-17(19)22/h3-9,20H,10-11H2,1-2H3,(H2,19,22)(H,21,23). The van der Waals surface area contributed by atoms with Gasteiger partial charge in [-0.3, -0.25) is 9.59 Å². The lowest BCUT2D eigenvalue weighted by atomic mass is 10.1. The first-order valence-electron chi connectivity index (χ1n) is 7.55. The molecule has 0 aromatic heterocycles. The molecule has 2 rings (SSSR count). The molecule has 0 bridgehead atoms. The van der Waals surface area contributed by atoms with E-state index in [1.165, 1.54) is 17.3 Å². The maximum absolute atomic E-state index is 12.0. The minimum atomic E-state index is -0.423. The number of nitrogens with one attached hydrogen (secondary N) is 2. The minimum absolute atomic E-state index is 0.140. The molecule has 0 radical (unpaired) electrons. The predicted octanol–water partition coefficient (Wildman–Crippen LogP) is 3.20. The second-order valence-corrected chi connectivity index (χ2v) is 6.47. The van der Waals surface area contributed by atoms with Gasteiger partial charge in [-0.25, -0.2) is 0 Å². The molecule has 0 fully saturated rings. The number of anilines is 3. The van der Waals surface area contributed by atoms with Gasteiger partial charge in [0.05, 0.1) is 11.5 Å². The molecule has 2 aromatic carbocycles. The molecule has 126 valence electrons. The molecule has 2 aromatic rings. The zero-order chi connectivity index (χ0) is 17.5. The Morgan fingerprint density at radius 1 is 1.04 bits per heavy atom. The van der Waals surface area contributed by atoms with Crippen LogP contribution in [0.5, 0.6) is 0 Å². The van der Waals surface area contributed by atoms with Gasteiger partial charge in [0.1, 0.15) is 0 Å². The van der Waals surface area contributed by atoms with E-state index in [2.05, 4.69) is 16.7 Å². The van der Waals surface area contributed by atoms with Gasteiger partial charge in [0.2, 0.25) is 11.8 Å². The maximum Gasteiger partial charge on any atom is 0.234 e. The van der Waals surface area contributed by atoms with Crippen molar-refractivity contribution in [3.8, 4) is 0 Å². The highest BCUT2D eigenvalue weighted by Gasteiger charge is 2.09. The van der Waals surface area contributed by atoms with Gasteiger partial charge in [-0.2, -0.15) is 0 Å². The lowest BCUT2D eigenvalue weighted by Crippen LogP contribution is -2.18. The molecule has 0 spiro atoms. The fraction of sp³-hybridized carbons (Fsp3) is 0.222. The van der Waals surface area contributed by atoms with Crippen molar-refractivity contribution < 1.29 is 9.59 Å². The molecule has 4 N–H and O–H groups in total. The van der Waals surface area contributed by atoms with Crippen molar-refractivity contribution in [1.29, 1.82) is 0 Å². The van der Waals surface area contributed by atoms with Crippen LogP contribution in [0, 0.1) is 13.8 Å². The highest BCUT2D eigenvalue weighted by molar-refractivity contribution is 8.00. The highest BCUT2D eigenvalue weighted by atomic mass is 32.2. The summed E-state index contributed by atoms with van der Waals surface area (Å²) in [5, 5.41) is 6.24. The normalized spacial score (nSPS) is 10.2. The molecule has 0 aliphatic rings. The van der Waals surface area contributed by atoms with Gasteiger partial charge in [0.25, 0.3) is 0 Å². The number of primary amides is 1. The van der Waals surface area contributed by atoms with Crippen molar-refractivity contribution in [3.05, 3.63) is 53.6 Å². The summed E-state index contributed by atoms with van der Waals surface area (Å²) in [6.07, 6.45) is 0. The number of nitrogens with two attached hydrogens (primary N) is 1. The molecule has 0 atom stereocenters. The molecular formula is C18H21N3O2S. The maximum atomic E-state index is 12.0. The Kier molecular flexibility index (Phi) is 6.26. The molecule has 0 saturated carbocycles. The summed E-state index contributed by atoms with van der Waals surface area (Å²) in [6.45, 7) is 3.99. The third kappa shape index (κ3) is 5.31. The number of amides is 2. The first-order valence-corrected chi connectivity index (χ1v) is 8.70. The van der Waals surface area contributed by atoms with E-state index in [9.17, 15) is 9.59 Å². The molecule has 0 heterocycles. The van der Waals surface area contributed by atoms with Gasteiger partial charge < -0.3 is 16.4 Å². The first kappa shape index (κ1) is 17.9. The molecule has 2 amide bonds. The summed E-state index contributed by atoms with van der Waals surface area (Å²) in [4.78, 5) is 22.7. The number of aryl methyl sites for hydroxylation is 1. The number of carbonyl (C=O) groups is 2. The van der Waals surface area contributed by atoms with Crippen molar-refractivity contribution in [2.75, 3.05) is 22.1 Å². The van der Waals surface area contributed by atoms with Crippen LogP contribution in [0.4, 0.5) is 17.1 Å². The topological polar surface area (TPSA) is 84.2 Å². The Balaban J connectivity index is 2.04. The monoisotopic (exact) mass is 343 g/mol. The summed E-state index contributed by atoms with van der Waals surface area (Å²) in [7, 11) is 0. The van der Waals surface area contributed by atoms with Crippen LogP contribution in [-0.2, 0) is 9.59 Å². The van der Waals surface area contributed by atoms with Crippen LogP contribution in [0.3, 0.4) is 0 Å². The van der Waals surface area contributed by atoms with Crippen LogP contribution in [-0.4, -0.2) is 23.3 Å². The van der Waals surface area contributed by atoms with E-state index in [4.69, 9.17) is 5.73 Å². The number of hydrogen-bond acceptors (Lipinski definition) is 4. The van der Waals surface area contributed by atoms with Crippen LogP contribution in [0.2, 0.25) is 0 Å². The van der Waals surface area contributed by atoms with Crippen molar-refractivity contribution in [1.82, 2.24) is 0 Å². The number of benzene rings is 2. The summed E-state index contributed by atoms with van der Waals surface area (Å²) in [5.74, 6) is -0.246. The minimum Gasteiger partial charge on any atom is -0.369 e. The van der Waals surface area contributed by atoms with Gasteiger partial charge in [0, 0.05) is 17.1 Å². The van der Waals surface area contributed by atoms with Crippen LogP contribution in [0.15, 0.2) is 42.5 Å². The molecule has 6 heteroatoms. The van der Waals surface area contributed by atoms with Crippen LogP contribution in [0.1, 0.15) is 11.1 Å². The second kappa shape index (κ2) is 8.40. The molecule has 0 unspecified atom stereocenters. The quantitative estimate of drug-likeness (QED) is 0.721. The number of carbonyl (C=O) groups excluding carboxylic acids is 2. The SMILES string of the molecule is Cc1cccc(Nc2cccc(NC(=O)CSCC(N)=O)c2C)c1. The van der Waals surface area contributed by atoms with Crippen molar-refractivity contribution >= 4 is 40.6 Å². The number of hydrogen-bond donors (Lipinski definition) is 3. The Labute approximate surface area is 146 Å². The van der Waals surface area contributed by atoms with E-state index in [0.717, 1.165) is 22.6 Å². The van der Waals surface area contributed by atoms with Crippen LogP contribution in [0.25, 0.3) is 0 Å². The van der Waals surface area contributed by atoms with Gasteiger partial charge in [-0.1, -0.05) is 18.2 Å². The average molecular weight is 343 g/mol. The molecule has 0 saturated heterocycles. The third-order valence-electron chi connectivity index (χ3n) is 3.38. The Hall–Kier alpha value is -2.47. The summed E-state index contributed by atoms with van der Waals surface area (Å²) in [5.41, 5.74) is 9.86. The van der Waals surface area contributed by atoms with E-state index < -0.39 is 5.91 Å². The Morgan fingerprint density at radius 2 is 1.75 bits per heavy atom. The predicted molar refractivity (Wildman–Crippen MR) is 101 cm³/mol. The first-order chi connectivity index (χ1) is 11.5. The zero-order valence-corrected chi connectivity index (χ0v) is 14.6. The van der Waals surface area contributed by atoms with Gasteiger partial charge >= 0.3 is 0 Å². The Morgan fingerprint density at radius 3 is 2.46 bits per heavy atom. The number of rotatable bonds is 7. The second-order valence-electron chi connectivity index (χ2n) is 5.48. The largest absolute Gasteiger partial charge is 0.369 e. The average Bonchev–Trinajstić information content (AvgIpc) is 2.51. The lowest BCUT2D eigenvalue weighted by molar-refractivity contribution is -0.115. The van der Waals surface area contributed by atoms with Crippen molar-refractivity contribution in [3.63, 3.8) is 0 Å². The number of thioether (sulfide) groups is 1. The van der Waals surface area contributed by atoms with Crippen LogP contribution < -0.4 is 16.4 Å². The molecule has 0 aliphatic carbocycles. The van der Waals surface area contributed by atoms with Gasteiger partial charge in [-0.15, -0.1) is 11.8 Å². The van der Waals surface area contributed by atoms with E-state index in [-0.39, 0.29) is 17.4 Å². The third-order valence-corrected chi connectivity index (χ3v) is 4.34. The summed E-state index contributed by atoms with van der Waals surface area (Å²) < 4.78 is 0. The molecule has 24 heavy (non-hydrogen) atoms. The molecule has 0 aliphatic heterocycles. The molecular weight excluding hydrogens is 322 g/mol. The Bertz CT molecular complexity index is 747. The lowest BCUT2D eigenvalue weighted by Gasteiger charge is -2.14. The van der Waals surface area contributed by atoms with E-state index in [1.807, 2.05) is 50.2 Å². The summed E-state index contributed by atoms with van der Waals surface area (Å²) >= 11 is 1.20. The van der Waals surface area contributed by atoms with E-state index in [1.54, 1.807) is 0 Å². The van der Waals surface area contributed by atoms with Crippen molar-refractivity contribution in [2.24, 2.45) is 5.73 Å². The smallest absolute Gasteiger partial charge is 0.234 e. The van der Waals surface area contributed by atoms with Crippen LogP contribution >= 0.6 is 11.8 Å². The van der Waals surface area contributed by atoms with E-state index >= 15 is 0 Å². The zero-order valence-electron chi connectivity index (χ0n) is 13.8. The van der Waals surface area contributed by atoms with Gasteiger partial charge in [-0.05, 0) is 49.2 Å². The van der Waals surface area contributed by atoms with Gasteiger partial charge in [0.15, 0.2) is 0 Å². The molecule has 5 nitrogen and oxygen atoms in total. The summed E-state index contributed by atoms with van der Waals surface area (Å²) in [6, 6.07) is 13.8. The fourth-order valence-corrected chi connectivity index (χ4v) is 2.78. The highest BCUT2D eigenvalue weighted by Crippen LogP contribution is 2.26.